The Kier molecular flexibility index (Phi) is 6.68. The van der Waals surface area contributed by atoms with Crippen LogP contribution in [0.15, 0.2) is 42.5 Å². The van der Waals surface area contributed by atoms with E-state index in [2.05, 4.69) is 4.90 Å². The first kappa shape index (κ1) is 25.6. The molecule has 0 radical (unpaired) electrons. The summed E-state index contributed by atoms with van der Waals surface area (Å²) in [7, 11) is 2.04. The zero-order valence-electron chi connectivity index (χ0n) is 22.4. The quantitative estimate of drug-likeness (QED) is 0.595. The van der Waals surface area contributed by atoms with Crippen molar-refractivity contribution in [2.75, 3.05) is 59.7 Å². The summed E-state index contributed by atoms with van der Waals surface area (Å²) in [6, 6.07) is 11.9. The Labute approximate surface area is 228 Å². The highest BCUT2D eigenvalue weighted by Crippen LogP contribution is 2.40. The average Bonchev–Trinajstić information content (AvgIpc) is 3.57. The van der Waals surface area contributed by atoms with Gasteiger partial charge in [0.2, 0.25) is 12.7 Å². The number of likely N-dealkylation sites (N-methyl/N-ethyl adjacent to an activating group) is 1. The number of benzene rings is 2. The van der Waals surface area contributed by atoms with Gasteiger partial charge in [0.15, 0.2) is 11.5 Å². The van der Waals surface area contributed by atoms with Gasteiger partial charge in [-0.3, -0.25) is 19.3 Å². The van der Waals surface area contributed by atoms with Crippen molar-refractivity contribution >= 4 is 17.7 Å². The van der Waals surface area contributed by atoms with E-state index in [4.69, 9.17) is 14.2 Å². The molecule has 1 spiro atoms. The summed E-state index contributed by atoms with van der Waals surface area (Å²) in [5.74, 6) is 0.802. The Morgan fingerprint density at radius 1 is 0.795 bits per heavy atom. The van der Waals surface area contributed by atoms with E-state index in [9.17, 15) is 14.4 Å². The lowest BCUT2D eigenvalue weighted by Crippen LogP contribution is -2.61. The Balaban J connectivity index is 1.23. The summed E-state index contributed by atoms with van der Waals surface area (Å²) in [5.41, 5.74) is 1.17. The molecule has 10 nitrogen and oxygen atoms in total. The number of likely N-dealkylation sites (tertiary alicyclic amines) is 1. The number of carbonyl (C=O) groups is 3. The summed E-state index contributed by atoms with van der Waals surface area (Å²) < 4.78 is 17.2. The molecule has 2 aromatic rings. The van der Waals surface area contributed by atoms with Crippen molar-refractivity contribution in [2.45, 2.75) is 31.5 Å². The topological polar surface area (TPSA) is 91.9 Å². The van der Waals surface area contributed by atoms with Gasteiger partial charge >= 0.3 is 0 Å². The van der Waals surface area contributed by atoms with Gasteiger partial charge in [0, 0.05) is 63.2 Å². The summed E-state index contributed by atoms with van der Waals surface area (Å²) >= 11 is 0. The summed E-state index contributed by atoms with van der Waals surface area (Å²) in [5, 5.41) is 0. The van der Waals surface area contributed by atoms with Crippen molar-refractivity contribution in [3.8, 4) is 11.5 Å². The molecule has 0 aromatic heterocycles. The van der Waals surface area contributed by atoms with Crippen molar-refractivity contribution in [3.05, 3.63) is 59.2 Å². The molecule has 3 saturated heterocycles. The summed E-state index contributed by atoms with van der Waals surface area (Å²) in [6.07, 6.45) is 0.848. The number of nitrogens with zero attached hydrogens (tertiary/aromatic N) is 4. The van der Waals surface area contributed by atoms with E-state index in [1.807, 2.05) is 31.0 Å². The van der Waals surface area contributed by atoms with Gasteiger partial charge < -0.3 is 28.9 Å². The minimum absolute atomic E-state index is 0.0701. The molecule has 4 heterocycles. The molecule has 1 atom stereocenters. The van der Waals surface area contributed by atoms with Crippen molar-refractivity contribution in [3.63, 3.8) is 0 Å². The van der Waals surface area contributed by atoms with Crippen LogP contribution >= 0.6 is 0 Å². The van der Waals surface area contributed by atoms with E-state index in [0.29, 0.717) is 61.6 Å². The number of ether oxygens (including phenoxy) is 3. The van der Waals surface area contributed by atoms with Crippen LogP contribution in [0, 0.1) is 6.92 Å². The fraction of sp³-hybridized carbons (Fsp3) is 0.483. The molecule has 0 saturated carbocycles. The van der Waals surface area contributed by atoms with Gasteiger partial charge in [-0.2, -0.15) is 0 Å². The van der Waals surface area contributed by atoms with Crippen LogP contribution in [0.2, 0.25) is 0 Å². The van der Waals surface area contributed by atoms with E-state index < -0.39 is 11.8 Å². The second-order valence-corrected chi connectivity index (χ2v) is 10.8. The molecule has 10 heteroatoms. The SMILES string of the molecule is Cc1ccc(C(=O)N2C(C(=O)N3CCN(C)CC3)COC23CCN(C(=O)c2ccc4c(c2)OCO4)CC3)cc1. The monoisotopic (exact) mass is 534 g/mol. The van der Waals surface area contributed by atoms with Crippen molar-refractivity contribution in [2.24, 2.45) is 0 Å². The second kappa shape index (κ2) is 10.2. The first-order valence-electron chi connectivity index (χ1n) is 13.6. The van der Waals surface area contributed by atoms with Gasteiger partial charge in [-0.15, -0.1) is 0 Å². The van der Waals surface area contributed by atoms with Gasteiger partial charge in [-0.1, -0.05) is 17.7 Å². The molecule has 2 aromatic carbocycles. The van der Waals surface area contributed by atoms with E-state index >= 15 is 0 Å². The minimum Gasteiger partial charge on any atom is -0.454 e. The largest absolute Gasteiger partial charge is 0.454 e. The molecule has 3 fully saturated rings. The second-order valence-electron chi connectivity index (χ2n) is 10.8. The third-order valence-electron chi connectivity index (χ3n) is 8.33. The van der Waals surface area contributed by atoms with Crippen LogP contribution in [0.1, 0.15) is 39.1 Å². The maximum Gasteiger partial charge on any atom is 0.256 e. The molecule has 0 N–H and O–H groups in total. The fourth-order valence-corrected chi connectivity index (χ4v) is 5.90. The lowest BCUT2D eigenvalue weighted by Gasteiger charge is -2.45. The van der Waals surface area contributed by atoms with E-state index in [1.165, 1.54) is 0 Å². The van der Waals surface area contributed by atoms with Gasteiger partial charge in [-0.05, 0) is 44.3 Å². The molecular weight excluding hydrogens is 500 g/mol. The first-order valence-corrected chi connectivity index (χ1v) is 13.6. The number of aryl methyl sites for hydroxylation is 1. The number of piperidine rings is 1. The average molecular weight is 535 g/mol. The molecule has 4 aliphatic rings. The van der Waals surface area contributed by atoms with Crippen molar-refractivity contribution in [1.82, 2.24) is 19.6 Å². The molecule has 0 aliphatic carbocycles. The van der Waals surface area contributed by atoms with Crippen LogP contribution in [0.25, 0.3) is 0 Å². The van der Waals surface area contributed by atoms with Crippen LogP contribution in [0.4, 0.5) is 0 Å². The van der Waals surface area contributed by atoms with Crippen LogP contribution in [0.3, 0.4) is 0 Å². The van der Waals surface area contributed by atoms with Gasteiger partial charge in [-0.25, -0.2) is 0 Å². The van der Waals surface area contributed by atoms with E-state index in [1.54, 1.807) is 40.1 Å². The molecule has 4 aliphatic heterocycles. The Morgan fingerprint density at radius 3 is 2.18 bits per heavy atom. The lowest BCUT2D eigenvalue weighted by atomic mass is 9.95. The van der Waals surface area contributed by atoms with Gasteiger partial charge in [0.25, 0.3) is 11.8 Å². The third-order valence-corrected chi connectivity index (χ3v) is 8.33. The number of hydrogen-bond donors (Lipinski definition) is 0. The number of fused-ring (bicyclic) bond motifs is 1. The predicted octanol–water partition coefficient (Wildman–Crippen LogP) is 1.97. The Bertz CT molecular complexity index is 1270. The Morgan fingerprint density at radius 2 is 1.46 bits per heavy atom. The fourth-order valence-electron chi connectivity index (χ4n) is 5.90. The molecule has 6 rings (SSSR count). The van der Waals surface area contributed by atoms with E-state index in [-0.39, 0.29) is 31.1 Å². The van der Waals surface area contributed by atoms with Crippen molar-refractivity contribution in [1.29, 1.82) is 0 Å². The highest BCUT2D eigenvalue weighted by atomic mass is 16.7. The molecule has 39 heavy (non-hydrogen) atoms. The maximum absolute atomic E-state index is 14.0. The molecule has 3 amide bonds. The molecule has 0 bridgehead atoms. The summed E-state index contributed by atoms with van der Waals surface area (Å²) in [6.45, 7) is 5.93. The lowest BCUT2D eigenvalue weighted by molar-refractivity contribution is -0.139. The minimum atomic E-state index is -0.944. The third kappa shape index (κ3) is 4.72. The number of amides is 3. The van der Waals surface area contributed by atoms with E-state index in [0.717, 1.165) is 18.7 Å². The first-order chi connectivity index (χ1) is 18.8. The Hall–Kier alpha value is -3.63. The highest BCUT2D eigenvalue weighted by molar-refractivity contribution is 5.99. The zero-order valence-corrected chi connectivity index (χ0v) is 22.4. The van der Waals surface area contributed by atoms with Crippen molar-refractivity contribution < 1.29 is 28.6 Å². The van der Waals surface area contributed by atoms with Crippen LogP contribution < -0.4 is 9.47 Å². The zero-order chi connectivity index (χ0) is 27.1. The number of rotatable bonds is 3. The number of piperazine rings is 1. The maximum atomic E-state index is 14.0. The smallest absolute Gasteiger partial charge is 0.256 e. The van der Waals surface area contributed by atoms with Crippen LogP contribution in [0.5, 0.6) is 11.5 Å². The molecule has 206 valence electrons. The normalized spacial score (nSPS) is 22.4. The number of hydrogen-bond acceptors (Lipinski definition) is 7. The molecular formula is C29H34N4O6. The van der Waals surface area contributed by atoms with Crippen LogP contribution in [-0.2, 0) is 9.53 Å². The van der Waals surface area contributed by atoms with Crippen LogP contribution in [-0.4, -0.2) is 109 Å². The summed E-state index contributed by atoms with van der Waals surface area (Å²) in [4.78, 5) is 48.5. The van der Waals surface area contributed by atoms with Gasteiger partial charge in [0.05, 0.1) is 6.61 Å². The standard InChI is InChI=1S/C29H34N4O6/c1-20-3-5-21(6-4-20)27(35)33-23(28(36)32-15-13-30(2)14-16-32)18-39-29(33)9-11-31(12-10-29)26(34)22-7-8-24-25(17-22)38-19-37-24/h3-8,17,23H,9-16,18-19H2,1-2H3. The predicted molar refractivity (Wildman–Crippen MR) is 142 cm³/mol. The highest BCUT2D eigenvalue weighted by Gasteiger charge is 2.55. The number of carbonyl (C=O) groups excluding carboxylic acids is 3. The molecule has 1 unspecified atom stereocenters. The van der Waals surface area contributed by atoms with Gasteiger partial charge in [0.1, 0.15) is 11.8 Å².